The first-order valence-corrected chi connectivity index (χ1v) is 5.61. The van der Waals surface area contributed by atoms with Crippen LogP contribution in [-0.2, 0) is 0 Å². The van der Waals surface area contributed by atoms with Crippen LogP contribution in [0.25, 0.3) is 11.3 Å². The van der Waals surface area contributed by atoms with Crippen molar-refractivity contribution in [2.24, 2.45) is 5.73 Å². The van der Waals surface area contributed by atoms with Gasteiger partial charge in [0.05, 0.1) is 11.6 Å². The van der Waals surface area contributed by atoms with Gasteiger partial charge in [0.25, 0.3) is 5.91 Å². The second-order valence-electron chi connectivity index (χ2n) is 3.39. The summed E-state index contributed by atoms with van der Waals surface area (Å²) in [6.45, 7) is 0. The topological polar surface area (TPSA) is 114 Å². The number of aromatic hydroxyl groups is 1. The van der Waals surface area contributed by atoms with Crippen molar-refractivity contribution in [2.45, 2.75) is 0 Å². The van der Waals surface area contributed by atoms with Crippen molar-refractivity contribution in [1.82, 2.24) is 15.4 Å². The Morgan fingerprint density at radius 1 is 1.50 bits per heavy atom. The van der Waals surface area contributed by atoms with Crippen molar-refractivity contribution in [3.8, 4) is 22.8 Å². The number of methoxy groups -OCH3 is 1. The van der Waals surface area contributed by atoms with Crippen LogP contribution in [0, 0.1) is 0 Å². The van der Waals surface area contributed by atoms with Crippen molar-refractivity contribution < 1.29 is 14.6 Å². The number of rotatable bonds is 3. The quantitative estimate of drug-likeness (QED) is 0.783. The number of amides is 1. The molecule has 1 amide bonds. The highest BCUT2D eigenvalue weighted by atomic mass is 79.9. The molecule has 0 saturated carbocycles. The lowest BCUT2D eigenvalue weighted by Gasteiger charge is -2.07. The zero-order valence-electron chi connectivity index (χ0n) is 9.27. The number of phenolic OH excluding ortho intramolecular Hbond substituents is 1. The number of nitrogens with zero attached hydrogens (tertiary/aromatic N) is 2. The number of aromatic amines is 1. The number of hydrogen-bond acceptors (Lipinski definition) is 5. The Hall–Kier alpha value is -2.09. The molecule has 0 radical (unpaired) electrons. The number of nitrogens with one attached hydrogen (secondary N) is 1. The van der Waals surface area contributed by atoms with E-state index in [9.17, 15) is 9.90 Å². The Bertz CT molecular complexity index is 611. The van der Waals surface area contributed by atoms with Crippen molar-refractivity contribution in [1.29, 1.82) is 0 Å². The van der Waals surface area contributed by atoms with E-state index < -0.39 is 5.91 Å². The van der Waals surface area contributed by atoms with Crippen LogP contribution in [-0.4, -0.2) is 33.5 Å². The summed E-state index contributed by atoms with van der Waals surface area (Å²) in [5, 5.41) is 19.6. The summed E-state index contributed by atoms with van der Waals surface area (Å²) in [6, 6.07) is 3.12. The molecule has 0 bridgehead atoms. The van der Waals surface area contributed by atoms with Crippen molar-refractivity contribution in [3.63, 3.8) is 0 Å². The summed E-state index contributed by atoms with van der Waals surface area (Å²) < 4.78 is 5.42. The van der Waals surface area contributed by atoms with Crippen LogP contribution in [0.15, 0.2) is 16.6 Å². The van der Waals surface area contributed by atoms with Gasteiger partial charge >= 0.3 is 0 Å². The van der Waals surface area contributed by atoms with Crippen LogP contribution in [0.5, 0.6) is 11.5 Å². The Morgan fingerprint density at radius 2 is 2.22 bits per heavy atom. The van der Waals surface area contributed by atoms with Gasteiger partial charge in [-0.05, 0) is 28.1 Å². The van der Waals surface area contributed by atoms with Crippen LogP contribution < -0.4 is 10.5 Å². The maximum Gasteiger partial charge on any atom is 0.271 e. The summed E-state index contributed by atoms with van der Waals surface area (Å²) in [5.74, 6) is -0.481. The molecule has 4 N–H and O–H groups in total. The highest BCUT2D eigenvalue weighted by Gasteiger charge is 2.18. The van der Waals surface area contributed by atoms with E-state index in [2.05, 4.69) is 31.3 Å². The van der Waals surface area contributed by atoms with Gasteiger partial charge in [0.15, 0.2) is 17.2 Å². The highest BCUT2D eigenvalue weighted by Crippen LogP contribution is 2.38. The molecule has 2 aromatic rings. The number of H-pyrrole nitrogens is 1. The third kappa shape index (κ3) is 2.02. The first-order chi connectivity index (χ1) is 8.54. The van der Waals surface area contributed by atoms with Gasteiger partial charge < -0.3 is 15.6 Å². The number of ether oxygens (including phenoxy) is 1. The van der Waals surface area contributed by atoms with Crippen molar-refractivity contribution in [3.05, 3.63) is 22.3 Å². The fraction of sp³-hybridized carbons (Fsp3) is 0.100. The summed E-state index contributed by atoms with van der Waals surface area (Å²) >= 11 is 3.18. The number of nitrogens with two attached hydrogens (primary N) is 1. The fourth-order valence-corrected chi connectivity index (χ4v) is 1.91. The number of hydrogen-bond donors (Lipinski definition) is 3. The van der Waals surface area contributed by atoms with Gasteiger partial charge in [0.1, 0.15) is 5.69 Å². The predicted octanol–water partition coefficient (Wildman–Crippen LogP) is 1.05. The highest BCUT2D eigenvalue weighted by molar-refractivity contribution is 9.10. The number of benzene rings is 1. The third-order valence-corrected chi connectivity index (χ3v) is 2.91. The van der Waals surface area contributed by atoms with Crippen LogP contribution in [0.4, 0.5) is 0 Å². The number of carbonyl (C=O) groups is 1. The van der Waals surface area contributed by atoms with Crippen LogP contribution in [0.3, 0.4) is 0 Å². The van der Waals surface area contributed by atoms with E-state index in [1.54, 1.807) is 6.07 Å². The molecule has 0 fully saturated rings. The SMILES string of the molecule is COc1cc(-c2n[nH]nc2C(N)=O)cc(Br)c1O. The van der Waals surface area contributed by atoms with E-state index in [-0.39, 0.29) is 17.2 Å². The third-order valence-electron chi connectivity index (χ3n) is 2.30. The average Bonchev–Trinajstić information content (AvgIpc) is 2.81. The zero-order valence-corrected chi connectivity index (χ0v) is 10.9. The molecular weight excluding hydrogens is 304 g/mol. The van der Waals surface area contributed by atoms with Gasteiger partial charge in [-0.2, -0.15) is 15.4 Å². The summed E-state index contributed by atoms with van der Waals surface area (Å²) in [7, 11) is 1.42. The molecule has 1 heterocycles. The van der Waals surface area contributed by atoms with Gasteiger partial charge in [-0.15, -0.1) is 0 Å². The minimum absolute atomic E-state index is 0.0228. The molecule has 0 unspecified atom stereocenters. The number of phenols is 1. The molecule has 18 heavy (non-hydrogen) atoms. The zero-order chi connectivity index (χ0) is 13.3. The maximum absolute atomic E-state index is 11.2. The normalized spacial score (nSPS) is 10.3. The standard InChI is InChI=1S/C10H9BrN4O3/c1-18-6-3-4(2-5(11)9(6)16)7-8(10(12)17)14-15-13-7/h2-3,16H,1H3,(H2,12,17)(H,13,14,15). The summed E-state index contributed by atoms with van der Waals surface area (Å²) in [4.78, 5) is 11.2. The molecule has 7 nitrogen and oxygen atoms in total. The lowest BCUT2D eigenvalue weighted by molar-refractivity contribution is 0.0996. The molecule has 2 rings (SSSR count). The van der Waals surface area contributed by atoms with Gasteiger partial charge in [0, 0.05) is 5.56 Å². The van der Waals surface area contributed by atoms with Crippen molar-refractivity contribution in [2.75, 3.05) is 7.11 Å². The van der Waals surface area contributed by atoms with E-state index in [0.29, 0.717) is 15.7 Å². The Morgan fingerprint density at radius 3 is 2.83 bits per heavy atom. The minimum atomic E-state index is -0.693. The molecule has 1 aromatic heterocycles. The lowest BCUT2D eigenvalue weighted by Crippen LogP contribution is -2.12. The van der Waals surface area contributed by atoms with Gasteiger partial charge in [-0.1, -0.05) is 0 Å². The maximum atomic E-state index is 11.2. The molecule has 1 aromatic carbocycles. The van der Waals surface area contributed by atoms with E-state index in [0.717, 1.165) is 0 Å². The molecule has 0 aliphatic heterocycles. The van der Waals surface area contributed by atoms with E-state index in [1.807, 2.05) is 0 Å². The summed E-state index contributed by atoms with van der Waals surface area (Å²) in [6.07, 6.45) is 0. The smallest absolute Gasteiger partial charge is 0.271 e. The molecule has 0 spiro atoms. The second-order valence-corrected chi connectivity index (χ2v) is 4.25. The minimum Gasteiger partial charge on any atom is -0.503 e. The number of halogens is 1. The second kappa shape index (κ2) is 4.65. The first kappa shape index (κ1) is 12.4. The van der Waals surface area contributed by atoms with Crippen LogP contribution >= 0.6 is 15.9 Å². The molecule has 0 aliphatic rings. The van der Waals surface area contributed by atoms with Crippen LogP contribution in [0.1, 0.15) is 10.5 Å². The van der Waals surface area contributed by atoms with Gasteiger partial charge in [0.2, 0.25) is 0 Å². The van der Waals surface area contributed by atoms with Crippen LogP contribution in [0.2, 0.25) is 0 Å². The van der Waals surface area contributed by atoms with E-state index in [4.69, 9.17) is 10.5 Å². The summed E-state index contributed by atoms with van der Waals surface area (Å²) in [5.41, 5.74) is 6.04. The lowest BCUT2D eigenvalue weighted by atomic mass is 10.1. The molecule has 8 heteroatoms. The number of primary amides is 1. The predicted molar refractivity (Wildman–Crippen MR) is 66.3 cm³/mol. The average molecular weight is 313 g/mol. The monoisotopic (exact) mass is 312 g/mol. The molecule has 0 atom stereocenters. The first-order valence-electron chi connectivity index (χ1n) is 4.82. The Labute approximate surface area is 110 Å². The fourth-order valence-electron chi connectivity index (χ4n) is 1.47. The van der Waals surface area contributed by atoms with E-state index >= 15 is 0 Å². The number of aromatic nitrogens is 3. The van der Waals surface area contributed by atoms with E-state index in [1.165, 1.54) is 13.2 Å². The molecule has 0 saturated heterocycles. The molecule has 0 aliphatic carbocycles. The largest absolute Gasteiger partial charge is 0.503 e. The Balaban J connectivity index is 2.61. The van der Waals surface area contributed by atoms with Crippen molar-refractivity contribution >= 4 is 21.8 Å². The number of carbonyl (C=O) groups excluding carboxylic acids is 1. The molecule has 94 valence electrons. The van der Waals surface area contributed by atoms with Gasteiger partial charge in [-0.3, -0.25) is 4.79 Å². The van der Waals surface area contributed by atoms with Gasteiger partial charge in [-0.25, -0.2) is 0 Å². The molecular formula is C10H9BrN4O3. The Kier molecular flexibility index (Phi) is 3.19.